The first kappa shape index (κ1) is 45.6. The molecule has 17 heteroatoms. The van der Waals surface area contributed by atoms with E-state index in [0.29, 0.717) is 64.8 Å². The van der Waals surface area contributed by atoms with Crippen LogP contribution in [0.5, 0.6) is 0 Å². The van der Waals surface area contributed by atoms with Crippen LogP contribution in [0.15, 0.2) is 0 Å². The fourth-order valence-corrected chi connectivity index (χ4v) is 4.22. The maximum absolute atomic E-state index is 12.2. The zero-order chi connectivity index (χ0) is 36.5. The van der Waals surface area contributed by atoms with E-state index < -0.39 is 0 Å². The minimum atomic E-state index is -0.316. The van der Waals surface area contributed by atoms with Gasteiger partial charge in [-0.25, -0.2) is 0 Å². The molecule has 0 aromatic carbocycles. The summed E-state index contributed by atoms with van der Waals surface area (Å²) in [6, 6.07) is -0.176. The van der Waals surface area contributed by atoms with E-state index in [9.17, 15) is 28.8 Å². The van der Waals surface area contributed by atoms with Gasteiger partial charge in [0.15, 0.2) is 0 Å². The van der Waals surface area contributed by atoms with Crippen LogP contribution in [-0.2, 0) is 47.7 Å². The molecule has 0 saturated heterocycles. The largest absolute Gasteiger partial charge is 0.377 e. The van der Waals surface area contributed by atoms with E-state index in [1.807, 2.05) is 6.92 Å². The number of nitrogens with one attached hydrogen (secondary N) is 5. The van der Waals surface area contributed by atoms with Crippen molar-refractivity contribution >= 4 is 35.4 Å². The Bertz CT molecular complexity index is 942. The number of carbonyl (C=O) groups excluding carboxylic acids is 6. The lowest BCUT2D eigenvalue weighted by atomic mass is 10.0. The minimum Gasteiger partial charge on any atom is -0.377 e. The van der Waals surface area contributed by atoms with Crippen LogP contribution in [0.4, 0.5) is 0 Å². The Balaban J connectivity index is 3.60. The molecule has 0 heterocycles. The number of hydrogen-bond acceptors (Lipinski definition) is 11. The standard InChI is InChI=1S/C32H61N7O10/c1-3-35-28(41)11-10-26(12-13-33)39-29(42)9-6-8-27(40)37-15-17-46-19-22-49-24-31(44)38-16-18-47-20-21-48-23-30(43)36-14-5-4-7-25(2)32(34)45/h25-26H,3-24,33H2,1-2H3,(H2,34,45)(H,35,41)(H,36,43)(H,37,40)(H,38,44)(H,39,42)/t25-,26?/m0/s1. The van der Waals surface area contributed by atoms with Crippen molar-refractivity contribution in [3.8, 4) is 0 Å². The molecule has 49 heavy (non-hydrogen) atoms. The van der Waals surface area contributed by atoms with E-state index in [0.717, 1.165) is 12.8 Å². The monoisotopic (exact) mass is 703 g/mol. The number of hydrogen-bond donors (Lipinski definition) is 7. The minimum absolute atomic E-state index is 0.0620. The van der Waals surface area contributed by atoms with E-state index >= 15 is 0 Å². The second-order valence-corrected chi connectivity index (χ2v) is 11.4. The van der Waals surface area contributed by atoms with Gasteiger partial charge in [0.05, 0.1) is 39.6 Å². The fourth-order valence-electron chi connectivity index (χ4n) is 4.22. The Hall–Kier alpha value is -3.38. The van der Waals surface area contributed by atoms with E-state index in [4.69, 9.17) is 30.4 Å². The summed E-state index contributed by atoms with van der Waals surface area (Å²) in [7, 11) is 0. The van der Waals surface area contributed by atoms with Crippen LogP contribution in [0, 0.1) is 5.92 Å². The third kappa shape index (κ3) is 30.4. The molecule has 0 aromatic heterocycles. The number of rotatable bonds is 33. The molecule has 9 N–H and O–H groups in total. The molecule has 0 aromatic rings. The van der Waals surface area contributed by atoms with Crippen molar-refractivity contribution in [2.45, 2.75) is 77.7 Å². The van der Waals surface area contributed by atoms with Crippen molar-refractivity contribution in [3.63, 3.8) is 0 Å². The summed E-state index contributed by atoms with van der Waals surface area (Å²) in [6.45, 7) is 7.04. The second kappa shape index (κ2) is 31.9. The van der Waals surface area contributed by atoms with Crippen LogP contribution in [-0.4, -0.2) is 127 Å². The molecule has 0 bridgehead atoms. The van der Waals surface area contributed by atoms with Crippen molar-refractivity contribution < 1.29 is 47.7 Å². The molecule has 0 fully saturated rings. The van der Waals surface area contributed by atoms with Gasteiger partial charge in [0.1, 0.15) is 13.2 Å². The molecule has 0 spiro atoms. The Kier molecular flexibility index (Phi) is 29.7. The number of amides is 6. The van der Waals surface area contributed by atoms with Crippen molar-refractivity contribution in [3.05, 3.63) is 0 Å². The van der Waals surface area contributed by atoms with Gasteiger partial charge in [0.25, 0.3) is 0 Å². The highest BCUT2D eigenvalue weighted by atomic mass is 16.5. The lowest BCUT2D eigenvalue weighted by molar-refractivity contribution is -0.127. The van der Waals surface area contributed by atoms with Crippen molar-refractivity contribution in [2.75, 3.05) is 85.6 Å². The van der Waals surface area contributed by atoms with Crippen molar-refractivity contribution in [1.29, 1.82) is 0 Å². The highest BCUT2D eigenvalue weighted by Crippen LogP contribution is 2.06. The third-order valence-corrected chi connectivity index (χ3v) is 7.00. The van der Waals surface area contributed by atoms with Gasteiger partial charge in [-0.1, -0.05) is 13.3 Å². The van der Waals surface area contributed by atoms with E-state index in [-0.39, 0.29) is 113 Å². The van der Waals surface area contributed by atoms with Gasteiger partial charge in [-0.05, 0) is 45.6 Å². The molecule has 0 aliphatic heterocycles. The van der Waals surface area contributed by atoms with E-state index in [1.54, 1.807) is 6.92 Å². The first-order valence-electron chi connectivity index (χ1n) is 17.2. The predicted octanol–water partition coefficient (Wildman–Crippen LogP) is -1.39. The molecule has 0 rings (SSSR count). The summed E-state index contributed by atoms with van der Waals surface area (Å²) < 4.78 is 21.3. The predicted molar refractivity (Wildman–Crippen MR) is 182 cm³/mol. The molecule has 2 atom stereocenters. The Morgan fingerprint density at radius 1 is 0.571 bits per heavy atom. The average molecular weight is 704 g/mol. The number of unbranched alkanes of at least 4 members (excludes halogenated alkanes) is 1. The Morgan fingerprint density at radius 2 is 1.10 bits per heavy atom. The Labute approximate surface area is 290 Å². The summed E-state index contributed by atoms with van der Waals surface area (Å²) in [5.41, 5.74) is 10.8. The molecule has 0 saturated carbocycles. The van der Waals surface area contributed by atoms with Crippen molar-refractivity contribution in [1.82, 2.24) is 26.6 Å². The van der Waals surface area contributed by atoms with Gasteiger partial charge in [0.2, 0.25) is 35.4 Å². The zero-order valence-electron chi connectivity index (χ0n) is 29.4. The molecular formula is C32H61N7O10. The van der Waals surface area contributed by atoms with E-state index in [1.165, 1.54) is 0 Å². The molecule has 0 aliphatic rings. The quantitative estimate of drug-likeness (QED) is 0.0392. The fraction of sp³-hybridized carbons (Fsp3) is 0.812. The number of nitrogens with two attached hydrogens (primary N) is 2. The average Bonchev–Trinajstić information content (AvgIpc) is 3.05. The van der Waals surface area contributed by atoms with E-state index in [2.05, 4.69) is 26.6 Å². The van der Waals surface area contributed by atoms with Crippen LogP contribution >= 0.6 is 0 Å². The highest BCUT2D eigenvalue weighted by Gasteiger charge is 2.14. The normalized spacial score (nSPS) is 12.1. The van der Waals surface area contributed by atoms with Crippen LogP contribution in [0.3, 0.4) is 0 Å². The molecular weight excluding hydrogens is 642 g/mol. The lowest BCUT2D eigenvalue weighted by Gasteiger charge is -2.18. The Morgan fingerprint density at radius 3 is 1.67 bits per heavy atom. The molecule has 0 aliphatic carbocycles. The van der Waals surface area contributed by atoms with Crippen LogP contribution in [0.2, 0.25) is 0 Å². The first-order chi connectivity index (χ1) is 23.6. The highest BCUT2D eigenvalue weighted by molar-refractivity contribution is 5.79. The summed E-state index contributed by atoms with van der Waals surface area (Å²) in [5.74, 6) is -1.42. The van der Waals surface area contributed by atoms with Crippen LogP contribution < -0.4 is 38.1 Å². The molecule has 17 nitrogen and oxygen atoms in total. The third-order valence-electron chi connectivity index (χ3n) is 7.00. The van der Waals surface area contributed by atoms with Gasteiger partial charge >= 0.3 is 0 Å². The maximum Gasteiger partial charge on any atom is 0.246 e. The van der Waals surface area contributed by atoms with Gasteiger partial charge < -0.3 is 57.0 Å². The van der Waals surface area contributed by atoms with Crippen LogP contribution in [0.1, 0.15) is 71.6 Å². The number of carbonyl (C=O) groups is 6. The molecule has 0 radical (unpaired) electrons. The number of primary amides is 1. The molecule has 284 valence electrons. The first-order valence-corrected chi connectivity index (χ1v) is 17.2. The summed E-state index contributed by atoms with van der Waals surface area (Å²) in [4.78, 5) is 70.4. The molecule has 6 amide bonds. The van der Waals surface area contributed by atoms with Gasteiger partial charge in [-0.2, -0.15) is 0 Å². The maximum atomic E-state index is 12.2. The number of ether oxygens (including phenoxy) is 4. The second-order valence-electron chi connectivity index (χ2n) is 11.4. The van der Waals surface area contributed by atoms with Gasteiger partial charge in [-0.15, -0.1) is 0 Å². The lowest BCUT2D eigenvalue weighted by Crippen LogP contribution is -2.37. The van der Waals surface area contributed by atoms with Gasteiger partial charge in [0, 0.05) is 57.4 Å². The summed E-state index contributed by atoms with van der Waals surface area (Å²) in [5, 5.41) is 13.8. The van der Waals surface area contributed by atoms with Crippen molar-refractivity contribution in [2.24, 2.45) is 17.4 Å². The topological polar surface area (TPSA) is 252 Å². The van der Waals surface area contributed by atoms with Crippen LogP contribution in [0.25, 0.3) is 0 Å². The molecule has 1 unspecified atom stereocenters. The smallest absolute Gasteiger partial charge is 0.246 e. The summed E-state index contributed by atoms with van der Waals surface area (Å²) >= 11 is 0. The van der Waals surface area contributed by atoms with Gasteiger partial charge in [-0.3, -0.25) is 28.8 Å². The zero-order valence-corrected chi connectivity index (χ0v) is 29.4. The summed E-state index contributed by atoms with van der Waals surface area (Å²) in [6.07, 6.45) is 4.45. The SMILES string of the molecule is CCNC(=O)CCC(CCN)NC(=O)CCCC(=O)NCCOCCOCC(=O)NCCOCCOCC(=O)NCCCC[C@H](C)C(N)=O.